The molecule has 5 nitrogen and oxygen atoms in total. The first-order chi connectivity index (χ1) is 11.2. The highest BCUT2D eigenvalue weighted by molar-refractivity contribution is 5.96. The van der Waals surface area contributed by atoms with E-state index >= 15 is 0 Å². The second kappa shape index (κ2) is 8.80. The van der Waals surface area contributed by atoms with Gasteiger partial charge in [-0.1, -0.05) is 30.3 Å². The Labute approximate surface area is 136 Å². The molecule has 0 bridgehead atoms. The highest BCUT2D eigenvalue weighted by Gasteiger charge is 2.13. The lowest BCUT2D eigenvalue weighted by molar-refractivity contribution is 0.0601. The minimum Gasteiger partial charge on any atom is -0.489 e. The number of methoxy groups -OCH3 is 2. The lowest BCUT2D eigenvalue weighted by Gasteiger charge is -2.13. The fourth-order valence-electron chi connectivity index (χ4n) is 2.07. The van der Waals surface area contributed by atoms with Gasteiger partial charge in [0.05, 0.1) is 19.3 Å². The van der Waals surface area contributed by atoms with Gasteiger partial charge in [-0.3, -0.25) is 0 Å². The van der Waals surface area contributed by atoms with Crippen LogP contribution in [-0.2, 0) is 16.1 Å². The molecule has 1 N–H and O–H groups in total. The van der Waals surface area contributed by atoms with Gasteiger partial charge in [0.15, 0.2) is 0 Å². The van der Waals surface area contributed by atoms with E-state index in [0.717, 1.165) is 5.56 Å². The smallest absolute Gasteiger partial charge is 0.340 e. The second-order valence-corrected chi connectivity index (χ2v) is 4.89. The number of nitrogens with one attached hydrogen (secondary N) is 1. The van der Waals surface area contributed by atoms with Crippen LogP contribution in [0.15, 0.2) is 48.5 Å². The molecule has 0 aliphatic heterocycles. The standard InChI is InChI=1S/C18H21NO4/c1-21-11-10-19-17-9-8-15(12-16(17)18(20)22-2)23-13-14-6-4-3-5-7-14/h3-9,12,19H,10-11,13H2,1-2H3. The summed E-state index contributed by atoms with van der Waals surface area (Å²) in [4.78, 5) is 11.9. The van der Waals surface area contributed by atoms with Crippen LogP contribution in [0.5, 0.6) is 5.75 Å². The second-order valence-electron chi connectivity index (χ2n) is 4.89. The van der Waals surface area contributed by atoms with E-state index in [1.165, 1.54) is 7.11 Å². The molecule has 0 unspecified atom stereocenters. The third-order valence-corrected chi connectivity index (χ3v) is 3.27. The fourth-order valence-corrected chi connectivity index (χ4v) is 2.07. The van der Waals surface area contributed by atoms with E-state index in [2.05, 4.69) is 5.32 Å². The molecule has 0 aliphatic rings. The zero-order valence-corrected chi connectivity index (χ0v) is 13.4. The summed E-state index contributed by atoms with van der Waals surface area (Å²) in [6.07, 6.45) is 0. The van der Waals surface area contributed by atoms with E-state index in [4.69, 9.17) is 14.2 Å². The van der Waals surface area contributed by atoms with Crippen LogP contribution in [0.1, 0.15) is 15.9 Å². The van der Waals surface area contributed by atoms with Crippen LogP contribution in [0, 0.1) is 0 Å². The Hall–Kier alpha value is -2.53. The molecule has 0 amide bonds. The number of benzene rings is 2. The summed E-state index contributed by atoms with van der Waals surface area (Å²) < 4.78 is 15.6. The highest BCUT2D eigenvalue weighted by atomic mass is 16.5. The van der Waals surface area contributed by atoms with Crippen molar-refractivity contribution in [3.8, 4) is 5.75 Å². The molecule has 2 rings (SSSR count). The maximum absolute atomic E-state index is 11.9. The van der Waals surface area contributed by atoms with E-state index < -0.39 is 5.97 Å². The van der Waals surface area contributed by atoms with Gasteiger partial charge >= 0.3 is 5.97 Å². The molecule has 0 saturated carbocycles. The van der Waals surface area contributed by atoms with Gasteiger partial charge in [0.2, 0.25) is 0 Å². The van der Waals surface area contributed by atoms with Crippen molar-refractivity contribution in [3.63, 3.8) is 0 Å². The van der Waals surface area contributed by atoms with Crippen LogP contribution >= 0.6 is 0 Å². The lowest BCUT2D eigenvalue weighted by Crippen LogP contribution is -2.12. The Kier molecular flexibility index (Phi) is 6.44. The monoisotopic (exact) mass is 315 g/mol. The molecule has 0 saturated heterocycles. The third-order valence-electron chi connectivity index (χ3n) is 3.27. The molecule has 0 heterocycles. The van der Waals surface area contributed by atoms with Crippen molar-refractivity contribution in [3.05, 3.63) is 59.7 Å². The van der Waals surface area contributed by atoms with Crippen molar-refractivity contribution in [2.45, 2.75) is 6.61 Å². The van der Waals surface area contributed by atoms with E-state index in [9.17, 15) is 4.79 Å². The number of carbonyl (C=O) groups is 1. The zero-order valence-electron chi connectivity index (χ0n) is 13.4. The van der Waals surface area contributed by atoms with Gasteiger partial charge in [-0.25, -0.2) is 4.79 Å². The van der Waals surface area contributed by atoms with Gasteiger partial charge in [0.25, 0.3) is 0 Å². The fraction of sp³-hybridized carbons (Fsp3) is 0.278. The van der Waals surface area contributed by atoms with Gasteiger partial charge in [0.1, 0.15) is 12.4 Å². The third kappa shape index (κ3) is 5.00. The number of carbonyl (C=O) groups excluding carboxylic acids is 1. The Morgan fingerprint density at radius 2 is 1.87 bits per heavy atom. The predicted molar refractivity (Wildman–Crippen MR) is 88.9 cm³/mol. The van der Waals surface area contributed by atoms with Crippen molar-refractivity contribution in [1.29, 1.82) is 0 Å². The van der Waals surface area contributed by atoms with Crippen LogP contribution in [0.25, 0.3) is 0 Å². The maximum Gasteiger partial charge on any atom is 0.340 e. The summed E-state index contributed by atoms with van der Waals surface area (Å²) in [7, 11) is 2.99. The van der Waals surface area contributed by atoms with E-state index in [-0.39, 0.29) is 0 Å². The van der Waals surface area contributed by atoms with Crippen molar-refractivity contribution < 1.29 is 19.0 Å². The normalized spacial score (nSPS) is 10.2. The van der Waals surface area contributed by atoms with Crippen LogP contribution in [-0.4, -0.2) is 33.3 Å². The predicted octanol–water partition coefficient (Wildman–Crippen LogP) is 3.11. The van der Waals surface area contributed by atoms with Gasteiger partial charge in [-0.15, -0.1) is 0 Å². The molecule has 0 radical (unpaired) electrons. The average Bonchev–Trinajstić information content (AvgIpc) is 2.61. The van der Waals surface area contributed by atoms with Crippen molar-refractivity contribution in [2.24, 2.45) is 0 Å². The molecule has 0 atom stereocenters. The quantitative estimate of drug-likeness (QED) is 0.599. The zero-order chi connectivity index (χ0) is 16.5. The first-order valence-electron chi connectivity index (χ1n) is 7.36. The SMILES string of the molecule is COCCNc1ccc(OCc2ccccc2)cc1C(=O)OC. The summed E-state index contributed by atoms with van der Waals surface area (Å²) in [5.41, 5.74) is 2.20. The summed E-state index contributed by atoms with van der Waals surface area (Å²) in [5.74, 6) is 0.210. The molecule has 23 heavy (non-hydrogen) atoms. The Balaban J connectivity index is 2.10. The van der Waals surface area contributed by atoms with E-state index in [1.807, 2.05) is 42.5 Å². The Bertz CT molecular complexity index is 628. The van der Waals surface area contributed by atoms with Crippen LogP contribution in [0.2, 0.25) is 0 Å². The number of ether oxygens (including phenoxy) is 3. The number of esters is 1. The number of hydrogen-bond acceptors (Lipinski definition) is 5. The van der Waals surface area contributed by atoms with Crippen LogP contribution < -0.4 is 10.1 Å². The average molecular weight is 315 g/mol. The molecule has 0 aliphatic carbocycles. The molecule has 122 valence electrons. The van der Waals surface area contributed by atoms with Gasteiger partial charge in [-0.2, -0.15) is 0 Å². The minimum absolute atomic E-state index is 0.407. The summed E-state index contributed by atoms with van der Waals surface area (Å²) in [5, 5.41) is 3.15. The molecule has 2 aromatic carbocycles. The van der Waals surface area contributed by atoms with E-state index in [0.29, 0.717) is 36.8 Å². The minimum atomic E-state index is -0.407. The van der Waals surface area contributed by atoms with Crippen molar-refractivity contribution >= 4 is 11.7 Å². The topological polar surface area (TPSA) is 56.8 Å². The van der Waals surface area contributed by atoms with Gasteiger partial charge < -0.3 is 19.5 Å². The molecular weight excluding hydrogens is 294 g/mol. The van der Waals surface area contributed by atoms with Gasteiger partial charge in [0, 0.05) is 19.3 Å². The first kappa shape index (κ1) is 16.8. The Morgan fingerprint density at radius 1 is 1.09 bits per heavy atom. The summed E-state index contributed by atoms with van der Waals surface area (Å²) in [6, 6.07) is 15.2. The highest BCUT2D eigenvalue weighted by Crippen LogP contribution is 2.23. The lowest BCUT2D eigenvalue weighted by atomic mass is 10.1. The molecule has 0 aromatic heterocycles. The Morgan fingerprint density at radius 3 is 2.57 bits per heavy atom. The van der Waals surface area contributed by atoms with Crippen LogP contribution in [0.4, 0.5) is 5.69 Å². The largest absolute Gasteiger partial charge is 0.489 e. The van der Waals surface area contributed by atoms with Crippen molar-refractivity contribution in [2.75, 3.05) is 32.7 Å². The van der Waals surface area contributed by atoms with Crippen LogP contribution in [0.3, 0.4) is 0 Å². The number of hydrogen-bond donors (Lipinski definition) is 1. The maximum atomic E-state index is 11.9. The number of anilines is 1. The van der Waals surface area contributed by atoms with Gasteiger partial charge in [-0.05, 0) is 23.8 Å². The van der Waals surface area contributed by atoms with E-state index in [1.54, 1.807) is 13.2 Å². The van der Waals surface area contributed by atoms with Crippen molar-refractivity contribution in [1.82, 2.24) is 0 Å². The first-order valence-corrected chi connectivity index (χ1v) is 7.36. The molecule has 0 fully saturated rings. The summed E-state index contributed by atoms with van der Waals surface area (Å²) >= 11 is 0. The molecule has 5 heteroatoms. The molecule has 2 aromatic rings. The molecule has 0 spiro atoms. The molecular formula is C18H21NO4. The number of rotatable bonds is 8. The summed E-state index contributed by atoms with van der Waals surface area (Å²) in [6.45, 7) is 1.59.